The van der Waals surface area contributed by atoms with E-state index in [4.69, 9.17) is 0 Å². The molecule has 0 N–H and O–H groups in total. The van der Waals surface area contributed by atoms with Gasteiger partial charge in [0.05, 0.1) is 4.90 Å². The summed E-state index contributed by atoms with van der Waals surface area (Å²) in [6, 6.07) is 9.50. The Hall–Kier alpha value is -0.390. The predicted octanol–water partition coefficient (Wildman–Crippen LogP) is 5.33. The maximum absolute atomic E-state index is 11.8. The number of benzene rings is 2. The van der Waals surface area contributed by atoms with E-state index in [1.807, 2.05) is 0 Å². The number of fused-ring (bicyclic) bond motifs is 1. The Balaban J connectivity index is 0.00000544. The molecule has 2 aromatic carbocycles. The van der Waals surface area contributed by atoms with E-state index in [0.29, 0.717) is 0 Å². The predicted molar refractivity (Wildman–Crippen MR) is 135 cm³/mol. The maximum Gasteiger partial charge on any atom is 1.00 e. The summed E-state index contributed by atoms with van der Waals surface area (Å²) < 4.78 is 35.5. The molecule has 0 saturated heterocycles. The third-order valence-corrected chi connectivity index (χ3v) is 7.35. The van der Waals surface area contributed by atoms with Crippen LogP contribution in [-0.4, -0.2) is 13.0 Å². The summed E-state index contributed by atoms with van der Waals surface area (Å²) in [5.41, 5.74) is 2.18. The molecule has 0 atom stereocenters. The van der Waals surface area contributed by atoms with Crippen LogP contribution in [0.15, 0.2) is 35.2 Å². The summed E-state index contributed by atoms with van der Waals surface area (Å²) in [4.78, 5) is -0.0741. The van der Waals surface area contributed by atoms with E-state index in [1.165, 1.54) is 76.2 Å². The molecule has 3 nitrogen and oxygen atoms in total. The van der Waals surface area contributed by atoms with Crippen molar-refractivity contribution in [1.29, 1.82) is 0 Å². The smallest absolute Gasteiger partial charge is 0.744 e. The van der Waals surface area contributed by atoms with Crippen molar-refractivity contribution in [1.82, 2.24) is 0 Å². The monoisotopic (exact) mass is 482 g/mol. The van der Waals surface area contributed by atoms with E-state index in [9.17, 15) is 13.0 Å². The normalized spacial score (nSPS) is 11.6. The molecule has 0 bridgehead atoms. The average molecular weight is 483 g/mol. The van der Waals surface area contributed by atoms with E-state index < -0.39 is 10.1 Å². The number of hydrogen-bond donors (Lipinski definition) is 0. The van der Waals surface area contributed by atoms with Crippen LogP contribution in [0.25, 0.3) is 10.8 Å². The third-order valence-electron chi connectivity index (χ3n) is 6.53. The first kappa shape index (κ1) is 30.6. The first-order valence-corrected chi connectivity index (χ1v) is 14.4. The molecular formula is C28H43NaO3S. The minimum atomic E-state index is -4.47. The summed E-state index contributed by atoms with van der Waals surface area (Å²) in [5.74, 6) is 0. The Labute approximate surface area is 225 Å². The Kier molecular flexibility index (Phi) is 15.9. The standard InChI is InChI=1S/C28H44O3S.Na/c1-3-5-7-9-11-13-15-18-24-20-17-21-27-25(19-16-14-12-10-8-6-4-2)22-26(23-28(24)27)32(29,30)31;/h17,20-23H,3-16,18-19H2,1-2H3,(H,29,30,31);/q;+1/p-1. The van der Waals surface area contributed by atoms with E-state index in [0.717, 1.165) is 48.4 Å². The second kappa shape index (κ2) is 17.1. The van der Waals surface area contributed by atoms with Gasteiger partial charge in [-0.1, -0.05) is 109 Å². The largest absolute Gasteiger partial charge is 1.00 e. The number of hydrogen-bond acceptors (Lipinski definition) is 3. The van der Waals surface area contributed by atoms with E-state index >= 15 is 0 Å². The summed E-state index contributed by atoms with van der Waals surface area (Å²) in [6.07, 6.45) is 19.0. The first-order chi connectivity index (χ1) is 15.5. The fourth-order valence-electron chi connectivity index (χ4n) is 4.61. The molecule has 0 amide bonds. The summed E-state index contributed by atoms with van der Waals surface area (Å²) in [5, 5.41) is 2.07. The number of aryl methyl sites for hydroxylation is 2. The summed E-state index contributed by atoms with van der Waals surface area (Å²) >= 11 is 0. The molecule has 5 heteroatoms. The van der Waals surface area contributed by atoms with Crippen LogP contribution < -0.4 is 29.6 Å². The van der Waals surface area contributed by atoms with Gasteiger partial charge in [0.1, 0.15) is 10.1 Å². The van der Waals surface area contributed by atoms with Gasteiger partial charge >= 0.3 is 29.6 Å². The second-order valence-electron chi connectivity index (χ2n) is 9.29. The van der Waals surface area contributed by atoms with Crippen LogP contribution in [-0.2, 0) is 23.0 Å². The Morgan fingerprint density at radius 1 is 0.636 bits per heavy atom. The van der Waals surface area contributed by atoms with Crippen LogP contribution in [0.3, 0.4) is 0 Å². The van der Waals surface area contributed by atoms with Gasteiger partial charge < -0.3 is 4.55 Å². The second-order valence-corrected chi connectivity index (χ2v) is 10.7. The van der Waals surface area contributed by atoms with Gasteiger partial charge in [-0.2, -0.15) is 0 Å². The van der Waals surface area contributed by atoms with Crippen LogP contribution in [0.4, 0.5) is 0 Å². The molecule has 0 aromatic heterocycles. The molecule has 0 aliphatic heterocycles. The van der Waals surface area contributed by atoms with Gasteiger partial charge in [0.25, 0.3) is 0 Å². The summed E-state index contributed by atoms with van der Waals surface area (Å²) in [6.45, 7) is 4.46. The zero-order valence-corrected chi connectivity index (χ0v) is 24.1. The van der Waals surface area contributed by atoms with Gasteiger partial charge in [-0.15, -0.1) is 0 Å². The number of unbranched alkanes of at least 4 members (excludes halogenated alkanes) is 12. The molecule has 0 fully saturated rings. The molecule has 0 aliphatic carbocycles. The van der Waals surface area contributed by atoms with Gasteiger partial charge in [-0.05, 0) is 59.7 Å². The maximum atomic E-state index is 11.8. The van der Waals surface area contributed by atoms with Crippen molar-refractivity contribution in [2.24, 2.45) is 0 Å². The zero-order valence-electron chi connectivity index (χ0n) is 21.3. The van der Waals surface area contributed by atoms with Crippen molar-refractivity contribution in [3.63, 3.8) is 0 Å². The Bertz CT molecular complexity index is 909. The summed E-state index contributed by atoms with van der Waals surface area (Å²) in [7, 11) is -4.47. The van der Waals surface area contributed by atoms with Crippen molar-refractivity contribution in [2.75, 3.05) is 0 Å². The van der Waals surface area contributed by atoms with Gasteiger partial charge in [0.2, 0.25) is 0 Å². The van der Waals surface area contributed by atoms with Crippen LogP contribution in [0.1, 0.15) is 115 Å². The van der Waals surface area contributed by atoms with Crippen molar-refractivity contribution in [2.45, 2.75) is 121 Å². The van der Waals surface area contributed by atoms with Gasteiger partial charge in [-0.25, -0.2) is 8.42 Å². The van der Waals surface area contributed by atoms with Gasteiger partial charge in [-0.3, -0.25) is 0 Å². The fraction of sp³-hybridized carbons (Fsp3) is 0.643. The van der Waals surface area contributed by atoms with Crippen molar-refractivity contribution in [3.8, 4) is 0 Å². The van der Waals surface area contributed by atoms with Crippen LogP contribution >= 0.6 is 0 Å². The van der Waals surface area contributed by atoms with Crippen molar-refractivity contribution in [3.05, 3.63) is 41.5 Å². The minimum absolute atomic E-state index is 0. The Morgan fingerprint density at radius 2 is 1.12 bits per heavy atom. The molecule has 0 spiro atoms. The van der Waals surface area contributed by atoms with Crippen molar-refractivity contribution < 1.29 is 42.5 Å². The van der Waals surface area contributed by atoms with E-state index in [-0.39, 0.29) is 34.5 Å². The molecule has 2 aromatic rings. The van der Waals surface area contributed by atoms with Crippen LogP contribution in [0, 0.1) is 0 Å². The molecule has 33 heavy (non-hydrogen) atoms. The first-order valence-electron chi connectivity index (χ1n) is 13.0. The average Bonchev–Trinajstić information content (AvgIpc) is 2.77. The fourth-order valence-corrected chi connectivity index (χ4v) is 5.16. The SMILES string of the molecule is CCCCCCCCCc1cc(S(=O)(=O)[O-])cc2c(CCCCCCCCC)cccc12.[Na+]. The van der Waals surface area contributed by atoms with Crippen LogP contribution in [0.2, 0.25) is 0 Å². The quantitative estimate of drug-likeness (QED) is 0.174. The van der Waals surface area contributed by atoms with Gasteiger partial charge in [0.15, 0.2) is 0 Å². The number of rotatable bonds is 17. The van der Waals surface area contributed by atoms with E-state index in [2.05, 4.69) is 32.0 Å². The third kappa shape index (κ3) is 11.3. The molecule has 2 rings (SSSR count). The van der Waals surface area contributed by atoms with E-state index in [1.54, 1.807) is 12.1 Å². The van der Waals surface area contributed by atoms with Crippen molar-refractivity contribution >= 4 is 20.9 Å². The minimum Gasteiger partial charge on any atom is -0.744 e. The Morgan fingerprint density at radius 3 is 1.64 bits per heavy atom. The molecule has 180 valence electrons. The molecule has 0 radical (unpaired) electrons. The van der Waals surface area contributed by atoms with Gasteiger partial charge in [0, 0.05) is 0 Å². The molecule has 0 saturated carbocycles. The molecule has 0 heterocycles. The zero-order chi connectivity index (χ0) is 23.2. The van der Waals surface area contributed by atoms with Crippen LogP contribution in [0.5, 0.6) is 0 Å². The molecule has 0 aliphatic rings. The molecular weight excluding hydrogens is 439 g/mol. The topological polar surface area (TPSA) is 57.2 Å². The molecule has 0 unspecified atom stereocenters.